The second-order valence-corrected chi connectivity index (χ2v) is 13.5. The summed E-state index contributed by atoms with van der Waals surface area (Å²) < 4.78 is 35.0. The van der Waals surface area contributed by atoms with Crippen LogP contribution in [0.5, 0.6) is 5.75 Å². The Morgan fingerprint density at radius 2 is 1.52 bits per heavy atom. The number of rotatable bonds is 14. The van der Waals surface area contributed by atoms with Crippen LogP contribution in [-0.2, 0) is 32.6 Å². The number of methoxy groups -OCH3 is 1. The predicted molar refractivity (Wildman–Crippen MR) is 183 cm³/mol. The number of amides is 2. The molecule has 0 aliphatic carbocycles. The third-order valence-electron chi connectivity index (χ3n) is 7.77. The molecule has 0 saturated carbocycles. The van der Waals surface area contributed by atoms with Gasteiger partial charge in [0.25, 0.3) is 10.0 Å². The molecule has 10 heteroatoms. The zero-order chi connectivity index (χ0) is 33.3. The molecule has 4 aromatic carbocycles. The van der Waals surface area contributed by atoms with Crippen LogP contribution in [0.15, 0.2) is 108 Å². The molecule has 0 unspecified atom stereocenters. The molecule has 2 atom stereocenters. The molecule has 0 spiro atoms. The molecule has 4 rings (SSSR count). The molecule has 0 aliphatic rings. The van der Waals surface area contributed by atoms with E-state index in [4.69, 9.17) is 16.3 Å². The zero-order valence-electron chi connectivity index (χ0n) is 26.5. The van der Waals surface area contributed by atoms with Crippen molar-refractivity contribution in [2.24, 2.45) is 0 Å². The van der Waals surface area contributed by atoms with E-state index in [-0.39, 0.29) is 46.3 Å². The van der Waals surface area contributed by atoms with Crippen molar-refractivity contribution in [1.29, 1.82) is 0 Å². The molecule has 4 aromatic rings. The summed E-state index contributed by atoms with van der Waals surface area (Å²) in [6, 6.07) is 28.5. The second-order valence-electron chi connectivity index (χ2n) is 11.2. The van der Waals surface area contributed by atoms with E-state index in [9.17, 15) is 18.0 Å². The van der Waals surface area contributed by atoms with Crippen molar-refractivity contribution in [1.82, 2.24) is 10.2 Å². The van der Waals surface area contributed by atoms with Crippen molar-refractivity contribution in [2.45, 2.75) is 57.1 Å². The number of carbonyl (C=O) groups excluding carboxylic acids is 2. The van der Waals surface area contributed by atoms with Gasteiger partial charge in [0.2, 0.25) is 11.8 Å². The third kappa shape index (κ3) is 8.68. The summed E-state index contributed by atoms with van der Waals surface area (Å²) in [6.45, 7) is 5.31. The first-order valence-electron chi connectivity index (χ1n) is 15.1. The minimum atomic E-state index is -4.29. The van der Waals surface area contributed by atoms with E-state index in [1.807, 2.05) is 75.4 Å². The zero-order valence-corrected chi connectivity index (χ0v) is 28.1. The van der Waals surface area contributed by atoms with Crippen molar-refractivity contribution < 1.29 is 22.7 Å². The quantitative estimate of drug-likeness (QED) is 0.169. The lowest BCUT2D eigenvalue weighted by Crippen LogP contribution is -2.54. The van der Waals surface area contributed by atoms with Crippen LogP contribution in [0.25, 0.3) is 0 Å². The summed E-state index contributed by atoms with van der Waals surface area (Å²) in [5.41, 5.74) is 2.81. The molecular formula is C36H40ClN3O5S. The van der Waals surface area contributed by atoms with Gasteiger partial charge in [-0.2, -0.15) is 0 Å². The van der Waals surface area contributed by atoms with E-state index in [2.05, 4.69) is 5.32 Å². The summed E-state index contributed by atoms with van der Waals surface area (Å²) in [6.07, 6.45) is 0.931. The van der Waals surface area contributed by atoms with E-state index in [0.29, 0.717) is 6.42 Å². The molecule has 0 fully saturated rings. The van der Waals surface area contributed by atoms with E-state index in [1.165, 1.54) is 30.2 Å². The van der Waals surface area contributed by atoms with Crippen molar-refractivity contribution in [3.05, 3.63) is 125 Å². The number of anilines is 1. The number of nitrogens with one attached hydrogen (secondary N) is 1. The van der Waals surface area contributed by atoms with E-state index < -0.39 is 28.5 Å². The van der Waals surface area contributed by atoms with Crippen LogP contribution in [0.1, 0.15) is 37.0 Å². The Hall–Kier alpha value is -4.34. The van der Waals surface area contributed by atoms with Gasteiger partial charge in [-0.15, -0.1) is 0 Å². The van der Waals surface area contributed by atoms with Crippen molar-refractivity contribution in [3.63, 3.8) is 0 Å². The first-order valence-corrected chi connectivity index (χ1v) is 17.0. The lowest BCUT2D eigenvalue weighted by Gasteiger charge is -2.34. The molecule has 0 aromatic heterocycles. The summed E-state index contributed by atoms with van der Waals surface area (Å²) in [5.74, 6) is -0.670. The highest BCUT2D eigenvalue weighted by Crippen LogP contribution is 2.35. The Kier molecular flexibility index (Phi) is 11.8. The molecule has 0 heterocycles. The smallest absolute Gasteiger partial charge is 0.264 e. The fourth-order valence-corrected chi connectivity index (χ4v) is 6.58. The molecule has 2 amide bonds. The van der Waals surface area contributed by atoms with Gasteiger partial charge in [-0.1, -0.05) is 96.9 Å². The molecule has 0 saturated heterocycles. The van der Waals surface area contributed by atoms with Crippen LogP contribution in [-0.4, -0.2) is 50.9 Å². The maximum Gasteiger partial charge on any atom is 0.264 e. The van der Waals surface area contributed by atoms with Crippen molar-refractivity contribution in [2.75, 3.05) is 18.0 Å². The van der Waals surface area contributed by atoms with Crippen LogP contribution in [0, 0.1) is 6.92 Å². The van der Waals surface area contributed by atoms with Gasteiger partial charge >= 0.3 is 0 Å². The SMILES string of the molecule is CC[C@H](C)NC(=O)[C@H](Cc1ccccc1)N(Cc1ccc(C)cc1)C(=O)CN(c1cc(Cl)ccc1OC)S(=O)(=O)c1ccccc1. The van der Waals surface area contributed by atoms with Crippen LogP contribution in [0.3, 0.4) is 0 Å². The molecule has 242 valence electrons. The number of hydrogen-bond acceptors (Lipinski definition) is 5. The molecule has 46 heavy (non-hydrogen) atoms. The Balaban J connectivity index is 1.84. The largest absolute Gasteiger partial charge is 0.495 e. The van der Waals surface area contributed by atoms with Crippen LogP contribution in [0.2, 0.25) is 5.02 Å². The summed E-state index contributed by atoms with van der Waals surface area (Å²) in [5, 5.41) is 3.31. The number of halogens is 1. The fraction of sp³-hybridized carbons (Fsp3) is 0.278. The molecule has 0 radical (unpaired) electrons. The molecular weight excluding hydrogens is 622 g/mol. The van der Waals surface area contributed by atoms with Crippen LogP contribution in [0.4, 0.5) is 5.69 Å². The fourth-order valence-electron chi connectivity index (χ4n) is 4.98. The average Bonchev–Trinajstić information content (AvgIpc) is 3.06. The highest BCUT2D eigenvalue weighted by Gasteiger charge is 2.36. The van der Waals surface area contributed by atoms with E-state index >= 15 is 0 Å². The highest BCUT2D eigenvalue weighted by atomic mass is 35.5. The topological polar surface area (TPSA) is 96.0 Å². The number of sulfonamides is 1. The lowest BCUT2D eigenvalue weighted by atomic mass is 10.0. The Morgan fingerprint density at radius 3 is 2.13 bits per heavy atom. The number of carbonyl (C=O) groups is 2. The molecule has 1 N–H and O–H groups in total. The maximum absolute atomic E-state index is 14.6. The van der Waals surface area contributed by atoms with Gasteiger partial charge in [0.05, 0.1) is 17.7 Å². The van der Waals surface area contributed by atoms with Crippen molar-refractivity contribution >= 4 is 39.1 Å². The number of hydrogen-bond donors (Lipinski definition) is 1. The Bertz CT molecular complexity index is 1720. The minimum Gasteiger partial charge on any atom is -0.495 e. The molecule has 0 aliphatic heterocycles. The van der Waals surface area contributed by atoms with Crippen molar-refractivity contribution in [3.8, 4) is 5.75 Å². The van der Waals surface area contributed by atoms with Gasteiger partial charge in [-0.25, -0.2) is 8.42 Å². The highest BCUT2D eigenvalue weighted by molar-refractivity contribution is 7.92. The van der Waals surface area contributed by atoms with Gasteiger partial charge in [0, 0.05) is 24.0 Å². The number of benzene rings is 4. The Morgan fingerprint density at radius 1 is 0.891 bits per heavy atom. The Labute approximate surface area is 277 Å². The normalized spacial score (nSPS) is 12.5. The summed E-state index contributed by atoms with van der Waals surface area (Å²) in [7, 11) is -2.87. The molecule has 0 bridgehead atoms. The van der Waals surface area contributed by atoms with Crippen LogP contribution < -0.4 is 14.4 Å². The lowest BCUT2D eigenvalue weighted by molar-refractivity contribution is -0.140. The van der Waals surface area contributed by atoms with Gasteiger partial charge < -0.3 is 15.0 Å². The number of ether oxygens (including phenoxy) is 1. The minimum absolute atomic E-state index is 0.00902. The first kappa shape index (κ1) is 34.5. The standard InChI is InChI=1S/C36H40ClN3O5S/c1-5-27(3)38-36(42)33(22-28-12-8-6-9-13-28)39(24-29-18-16-26(2)17-19-29)35(41)25-40(32-23-30(37)20-21-34(32)45-4)46(43,44)31-14-10-7-11-15-31/h6-21,23,27,33H,5,22,24-25H2,1-4H3,(H,38,42)/t27-,33-/m0/s1. The monoisotopic (exact) mass is 661 g/mol. The van der Waals surface area contributed by atoms with Gasteiger partial charge in [0.1, 0.15) is 18.3 Å². The van der Waals surface area contributed by atoms with Gasteiger partial charge in [-0.05, 0) is 61.7 Å². The molecule has 8 nitrogen and oxygen atoms in total. The van der Waals surface area contributed by atoms with E-state index in [0.717, 1.165) is 21.0 Å². The van der Waals surface area contributed by atoms with E-state index in [1.54, 1.807) is 30.3 Å². The average molecular weight is 662 g/mol. The summed E-state index contributed by atoms with van der Waals surface area (Å²) in [4.78, 5) is 30.0. The van der Waals surface area contributed by atoms with Gasteiger partial charge in [-0.3, -0.25) is 13.9 Å². The first-order chi connectivity index (χ1) is 22.0. The third-order valence-corrected chi connectivity index (χ3v) is 9.77. The second kappa shape index (κ2) is 15.8. The van der Waals surface area contributed by atoms with Gasteiger partial charge in [0.15, 0.2) is 0 Å². The predicted octanol–water partition coefficient (Wildman–Crippen LogP) is 6.41. The number of nitrogens with zero attached hydrogens (tertiary/aromatic N) is 2. The van der Waals surface area contributed by atoms with Crippen LogP contribution >= 0.6 is 11.6 Å². The number of aryl methyl sites for hydroxylation is 1. The summed E-state index contributed by atoms with van der Waals surface area (Å²) >= 11 is 6.35. The maximum atomic E-state index is 14.6.